The summed E-state index contributed by atoms with van der Waals surface area (Å²) in [5, 5.41) is 3.28. The number of benzene rings is 2. The summed E-state index contributed by atoms with van der Waals surface area (Å²) in [6, 6.07) is 21.1. The van der Waals surface area contributed by atoms with Gasteiger partial charge in [0.1, 0.15) is 0 Å². The Balaban J connectivity index is 1.31. The quantitative estimate of drug-likeness (QED) is 0.797. The summed E-state index contributed by atoms with van der Waals surface area (Å²) in [5.74, 6) is 0. The van der Waals surface area contributed by atoms with Crippen molar-refractivity contribution < 1.29 is 4.79 Å². The predicted molar refractivity (Wildman–Crippen MR) is 122 cm³/mol. The topological polar surface area (TPSA) is 38.8 Å². The van der Waals surface area contributed by atoms with Gasteiger partial charge in [0.2, 0.25) is 0 Å². The van der Waals surface area contributed by atoms with E-state index in [1.165, 1.54) is 25.8 Å². The lowest BCUT2D eigenvalue weighted by Gasteiger charge is -2.36. The molecular weight excluding hydrogens is 372 g/mol. The number of rotatable bonds is 6. The van der Waals surface area contributed by atoms with E-state index in [9.17, 15) is 4.79 Å². The molecule has 2 heterocycles. The van der Waals surface area contributed by atoms with Crippen LogP contribution in [0.4, 0.5) is 4.79 Å². The number of amides is 2. The molecule has 5 nitrogen and oxygen atoms in total. The van der Waals surface area contributed by atoms with Gasteiger partial charge in [-0.15, -0.1) is 0 Å². The van der Waals surface area contributed by atoms with Gasteiger partial charge in [0.25, 0.3) is 0 Å². The van der Waals surface area contributed by atoms with E-state index in [0.717, 1.165) is 49.9 Å². The third-order valence-corrected chi connectivity index (χ3v) is 6.64. The van der Waals surface area contributed by atoms with E-state index in [1.807, 2.05) is 41.3 Å². The van der Waals surface area contributed by atoms with Crippen LogP contribution >= 0.6 is 0 Å². The van der Waals surface area contributed by atoms with E-state index in [-0.39, 0.29) is 12.1 Å². The smallest absolute Gasteiger partial charge is 0.318 e. The fourth-order valence-corrected chi connectivity index (χ4v) is 4.72. The van der Waals surface area contributed by atoms with Crippen molar-refractivity contribution in [2.75, 3.05) is 46.3 Å². The highest BCUT2D eigenvalue weighted by atomic mass is 16.2. The van der Waals surface area contributed by atoms with Gasteiger partial charge in [-0.05, 0) is 50.5 Å². The molecule has 1 N–H and O–H groups in total. The lowest BCUT2D eigenvalue weighted by Crippen LogP contribution is -2.52. The molecule has 0 spiro atoms. The molecule has 2 aliphatic rings. The van der Waals surface area contributed by atoms with E-state index in [0.29, 0.717) is 0 Å². The van der Waals surface area contributed by atoms with Gasteiger partial charge in [-0.1, -0.05) is 60.7 Å². The van der Waals surface area contributed by atoms with E-state index in [1.54, 1.807) is 0 Å². The normalized spacial score (nSPS) is 20.6. The van der Waals surface area contributed by atoms with Gasteiger partial charge >= 0.3 is 6.03 Å². The highest BCUT2D eigenvalue weighted by Gasteiger charge is 2.26. The Morgan fingerprint density at radius 3 is 2.07 bits per heavy atom. The molecule has 2 amide bonds. The van der Waals surface area contributed by atoms with Crippen molar-refractivity contribution in [3.63, 3.8) is 0 Å². The van der Waals surface area contributed by atoms with Crippen molar-refractivity contribution >= 4 is 6.03 Å². The molecule has 2 aromatic rings. The molecule has 5 heteroatoms. The Kier molecular flexibility index (Phi) is 7.03. The lowest BCUT2D eigenvalue weighted by atomic mass is 9.99. The van der Waals surface area contributed by atoms with Crippen LogP contribution in [0.15, 0.2) is 60.7 Å². The van der Waals surface area contributed by atoms with Crippen molar-refractivity contribution in [2.45, 2.75) is 31.3 Å². The van der Waals surface area contributed by atoms with E-state index in [4.69, 9.17) is 0 Å². The average molecular weight is 407 g/mol. The Hall–Kier alpha value is -2.37. The fourth-order valence-electron chi connectivity index (χ4n) is 4.72. The van der Waals surface area contributed by atoms with Crippen LogP contribution in [0.25, 0.3) is 0 Å². The SMILES string of the molecule is CN1CCC[C@H]1CCN1CCN(C(=O)NC(c2ccccc2)c2ccccc2)CC1. The van der Waals surface area contributed by atoms with Crippen molar-refractivity contribution in [1.82, 2.24) is 20.0 Å². The zero-order valence-electron chi connectivity index (χ0n) is 18.0. The first kappa shape index (κ1) is 20.9. The predicted octanol–water partition coefficient (Wildman–Crippen LogP) is 3.59. The van der Waals surface area contributed by atoms with E-state index >= 15 is 0 Å². The number of carbonyl (C=O) groups excluding carboxylic acids is 1. The molecule has 0 saturated carbocycles. The molecule has 0 unspecified atom stereocenters. The Morgan fingerprint density at radius 2 is 1.53 bits per heavy atom. The molecule has 160 valence electrons. The van der Waals surface area contributed by atoms with Crippen LogP contribution < -0.4 is 5.32 Å². The van der Waals surface area contributed by atoms with Crippen LogP contribution in [-0.4, -0.2) is 73.1 Å². The van der Waals surface area contributed by atoms with Crippen LogP contribution in [0.1, 0.15) is 36.4 Å². The Labute approximate surface area is 180 Å². The molecule has 4 rings (SSSR count). The minimum atomic E-state index is -0.129. The van der Waals surface area contributed by atoms with Gasteiger partial charge in [0.15, 0.2) is 0 Å². The molecule has 2 saturated heterocycles. The number of carbonyl (C=O) groups is 1. The minimum absolute atomic E-state index is 0.0304. The third kappa shape index (κ3) is 5.21. The number of hydrogen-bond acceptors (Lipinski definition) is 3. The zero-order valence-corrected chi connectivity index (χ0v) is 18.0. The van der Waals surface area contributed by atoms with Crippen molar-refractivity contribution in [2.24, 2.45) is 0 Å². The van der Waals surface area contributed by atoms with Crippen molar-refractivity contribution in [3.05, 3.63) is 71.8 Å². The average Bonchev–Trinajstić information content (AvgIpc) is 3.22. The maximum Gasteiger partial charge on any atom is 0.318 e. The summed E-state index contributed by atoms with van der Waals surface area (Å²) in [7, 11) is 2.25. The summed E-state index contributed by atoms with van der Waals surface area (Å²) < 4.78 is 0. The number of likely N-dealkylation sites (tertiary alicyclic amines) is 1. The van der Waals surface area contributed by atoms with Crippen LogP contribution in [0, 0.1) is 0 Å². The van der Waals surface area contributed by atoms with Gasteiger partial charge in [-0.2, -0.15) is 0 Å². The Morgan fingerprint density at radius 1 is 0.933 bits per heavy atom. The molecule has 0 radical (unpaired) electrons. The highest BCUT2D eigenvalue weighted by Crippen LogP contribution is 2.22. The molecule has 30 heavy (non-hydrogen) atoms. The first-order chi connectivity index (χ1) is 14.7. The first-order valence-electron chi connectivity index (χ1n) is 11.3. The van der Waals surface area contributed by atoms with Gasteiger partial charge in [-0.3, -0.25) is 4.90 Å². The number of piperazine rings is 1. The minimum Gasteiger partial charge on any atom is -0.327 e. The molecular formula is C25H34N4O. The standard InChI is InChI=1S/C25H34N4O/c1-27-15-8-13-23(27)14-16-28-17-19-29(20-18-28)25(30)26-24(21-9-4-2-5-10-21)22-11-6-3-7-12-22/h2-7,9-12,23-24H,8,13-20H2,1H3,(H,26,30)/t23-/m0/s1. The van der Waals surface area contributed by atoms with Crippen LogP contribution in [0.5, 0.6) is 0 Å². The zero-order chi connectivity index (χ0) is 20.8. The maximum absolute atomic E-state index is 13.1. The second-order valence-electron chi connectivity index (χ2n) is 8.60. The van der Waals surface area contributed by atoms with Crippen molar-refractivity contribution in [1.29, 1.82) is 0 Å². The molecule has 2 fully saturated rings. The molecule has 0 aromatic heterocycles. The summed E-state index contributed by atoms with van der Waals surface area (Å²) in [6.07, 6.45) is 3.91. The number of nitrogens with one attached hydrogen (secondary N) is 1. The van der Waals surface area contributed by atoms with Gasteiger partial charge < -0.3 is 15.1 Å². The van der Waals surface area contributed by atoms with Crippen LogP contribution in [-0.2, 0) is 0 Å². The van der Waals surface area contributed by atoms with Crippen LogP contribution in [0.3, 0.4) is 0 Å². The molecule has 0 aliphatic carbocycles. The lowest BCUT2D eigenvalue weighted by molar-refractivity contribution is 0.130. The van der Waals surface area contributed by atoms with E-state index < -0.39 is 0 Å². The van der Waals surface area contributed by atoms with Gasteiger partial charge in [0, 0.05) is 32.2 Å². The molecule has 2 aromatic carbocycles. The van der Waals surface area contributed by atoms with Crippen molar-refractivity contribution in [3.8, 4) is 0 Å². The van der Waals surface area contributed by atoms with E-state index in [2.05, 4.69) is 46.4 Å². The molecule has 1 atom stereocenters. The second-order valence-corrected chi connectivity index (χ2v) is 8.60. The monoisotopic (exact) mass is 406 g/mol. The maximum atomic E-state index is 13.1. The largest absolute Gasteiger partial charge is 0.327 e. The number of hydrogen-bond donors (Lipinski definition) is 1. The highest BCUT2D eigenvalue weighted by molar-refractivity contribution is 5.75. The fraction of sp³-hybridized carbons (Fsp3) is 0.480. The number of nitrogens with zero attached hydrogens (tertiary/aromatic N) is 3. The summed E-state index contributed by atoms with van der Waals surface area (Å²) in [4.78, 5) is 20.0. The summed E-state index contributed by atoms with van der Waals surface area (Å²) in [6.45, 7) is 5.89. The third-order valence-electron chi connectivity index (χ3n) is 6.64. The number of urea groups is 1. The first-order valence-corrected chi connectivity index (χ1v) is 11.3. The van der Waals surface area contributed by atoms with Crippen LogP contribution in [0.2, 0.25) is 0 Å². The van der Waals surface area contributed by atoms with Gasteiger partial charge in [0.05, 0.1) is 6.04 Å². The Bertz CT molecular complexity index is 750. The second kappa shape index (κ2) is 10.1. The summed E-state index contributed by atoms with van der Waals surface area (Å²) >= 11 is 0. The summed E-state index contributed by atoms with van der Waals surface area (Å²) in [5.41, 5.74) is 2.22. The molecule has 2 aliphatic heterocycles. The molecule has 0 bridgehead atoms. The van der Waals surface area contributed by atoms with Gasteiger partial charge in [-0.25, -0.2) is 4.79 Å².